The summed E-state index contributed by atoms with van der Waals surface area (Å²) in [4.78, 5) is 12.4. The molecule has 2 aromatic carbocycles. The molecule has 1 heterocycles. The number of amides is 1. The Kier molecular flexibility index (Phi) is 5.65. The summed E-state index contributed by atoms with van der Waals surface area (Å²) in [6, 6.07) is 16.2. The van der Waals surface area contributed by atoms with Crippen molar-refractivity contribution in [3.8, 4) is 5.75 Å². The van der Waals surface area contributed by atoms with E-state index in [0.717, 1.165) is 29.9 Å². The lowest BCUT2D eigenvalue weighted by Crippen LogP contribution is -2.21. The third-order valence-corrected chi connectivity index (χ3v) is 5.70. The van der Waals surface area contributed by atoms with Gasteiger partial charge in [-0.05, 0) is 74.1 Å². The van der Waals surface area contributed by atoms with E-state index in [2.05, 4.69) is 39.4 Å². The predicted octanol–water partition coefficient (Wildman–Crippen LogP) is 4.46. The van der Waals surface area contributed by atoms with E-state index in [9.17, 15) is 4.79 Å². The van der Waals surface area contributed by atoms with Crippen molar-refractivity contribution >= 4 is 22.5 Å². The quantitative estimate of drug-likeness (QED) is 0.500. The first-order valence-corrected chi connectivity index (χ1v) is 10.2. The topological polar surface area (TPSA) is 55.6 Å². The van der Waals surface area contributed by atoms with Crippen molar-refractivity contribution in [1.82, 2.24) is 9.99 Å². The van der Waals surface area contributed by atoms with Crippen LogP contribution in [0, 0.1) is 0 Å². The Labute approximate surface area is 171 Å². The van der Waals surface area contributed by atoms with E-state index in [4.69, 9.17) is 4.74 Å². The standard InChI is InChI=1S/C24H27N3O2/c1-17(18-11-13-19(29-2)14-12-18)25-26-24(28)15-16-27-22-9-5-3-7-20(22)21-8-4-6-10-23(21)27/h3,5,7,9,11-14H,4,6,8,10,15-16H2,1-2H3,(H,26,28)/b25-17+. The highest BCUT2D eigenvalue weighted by Gasteiger charge is 2.19. The minimum absolute atomic E-state index is 0.0693. The molecule has 0 aliphatic heterocycles. The first-order chi connectivity index (χ1) is 14.2. The number of hydrogen-bond donors (Lipinski definition) is 1. The number of benzene rings is 2. The van der Waals surface area contributed by atoms with Crippen LogP contribution in [0.25, 0.3) is 10.9 Å². The monoisotopic (exact) mass is 389 g/mol. The average Bonchev–Trinajstić information content (AvgIpc) is 3.10. The molecule has 5 nitrogen and oxygen atoms in total. The number of ether oxygens (including phenoxy) is 1. The van der Waals surface area contributed by atoms with E-state index in [1.807, 2.05) is 31.2 Å². The van der Waals surface area contributed by atoms with Crippen molar-refractivity contribution in [2.75, 3.05) is 7.11 Å². The van der Waals surface area contributed by atoms with Crippen LogP contribution in [0.3, 0.4) is 0 Å². The van der Waals surface area contributed by atoms with E-state index in [1.54, 1.807) is 7.11 Å². The molecule has 0 bridgehead atoms. The average molecular weight is 389 g/mol. The summed E-state index contributed by atoms with van der Waals surface area (Å²) in [6.45, 7) is 2.57. The van der Waals surface area contributed by atoms with Gasteiger partial charge in [0.15, 0.2) is 0 Å². The van der Waals surface area contributed by atoms with Crippen LogP contribution in [0.2, 0.25) is 0 Å². The largest absolute Gasteiger partial charge is 0.497 e. The van der Waals surface area contributed by atoms with Gasteiger partial charge in [0.25, 0.3) is 0 Å². The molecule has 0 spiro atoms. The fourth-order valence-corrected chi connectivity index (χ4v) is 4.15. The number of rotatable bonds is 6. The Morgan fingerprint density at radius 3 is 2.66 bits per heavy atom. The normalized spacial score (nSPS) is 13.9. The molecule has 0 saturated carbocycles. The summed E-state index contributed by atoms with van der Waals surface area (Å²) < 4.78 is 7.51. The third-order valence-electron chi connectivity index (χ3n) is 5.70. The van der Waals surface area contributed by atoms with Crippen LogP contribution in [-0.4, -0.2) is 23.3 Å². The molecule has 1 amide bonds. The number of carbonyl (C=O) groups is 1. The van der Waals surface area contributed by atoms with Gasteiger partial charge < -0.3 is 9.30 Å². The predicted molar refractivity (Wildman–Crippen MR) is 117 cm³/mol. The van der Waals surface area contributed by atoms with Crippen LogP contribution < -0.4 is 10.2 Å². The minimum Gasteiger partial charge on any atom is -0.497 e. The number of nitrogens with one attached hydrogen (secondary N) is 1. The summed E-state index contributed by atoms with van der Waals surface area (Å²) in [7, 11) is 1.64. The van der Waals surface area contributed by atoms with Gasteiger partial charge in [0, 0.05) is 29.6 Å². The number of aryl methyl sites for hydroxylation is 2. The molecule has 0 atom stereocenters. The molecule has 1 aromatic heterocycles. The zero-order valence-electron chi connectivity index (χ0n) is 17.1. The molecule has 3 aromatic rings. The molecular weight excluding hydrogens is 362 g/mol. The maximum Gasteiger partial charge on any atom is 0.241 e. The number of hydrogen-bond acceptors (Lipinski definition) is 3. The summed E-state index contributed by atoms with van der Waals surface area (Å²) in [6.07, 6.45) is 5.12. The number of methoxy groups -OCH3 is 1. The lowest BCUT2D eigenvalue weighted by molar-refractivity contribution is -0.121. The fourth-order valence-electron chi connectivity index (χ4n) is 4.15. The Morgan fingerprint density at radius 1 is 1.10 bits per heavy atom. The van der Waals surface area contributed by atoms with Gasteiger partial charge in [0.2, 0.25) is 5.91 Å². The van der Waals surface area contributed by atoms with Crippen LogP contribution in [0.1, 0.15) is 43.0 Å². The Morgan fingerprint density at radius 2 is 1.86 bits per heavy atom. The first-order valence-electron chi connectivity index (χ1n) is 10.2. The number of carbonyl (C=O) groups excluding carboxylic acids is 1. The molecule has 0 saturated heterocycles. The van der Waals surface area contributed by atoms with Crippen LogP contribution in [0.4, 0.5) is 0 Å². The molecule has 0 radical (unpaired) electrons. The molecule has 1 N–H and O–H groups in total. The second kappa shape index (κ2) is 8.52. The van der Waals surface area contributed by atoms with Gasteiger partial charge >= 0.3 is 0 Å². The highest BCUT2D eigenvalue weighted by molar-refractivity contribution is 5.99. The molecule has 4 rings (SSSR count). The molecule has 0 fully saturated rings. The van der Waals surface area contributed by atoms with Crippen LogP contribution in [-0.2, 0) is 24.2 Å². The Balaban J connectivity index is 1.43. The van der Waals surface area contributed by atoms with Crippen molar-refractivity contribution < 1.29 is 9.53 Å². The third kappa shape index (κ3) is 4.04. The van der Waals surface area contributed by atoms with Crippen LogP contribution >= 0.6 is 0 Å². The number of fused-ring (bicyclic) bond motifs is 3. The van der Waals surface area contributed by atoms with E-state index in [-0.39, 0.29) is 5.91 Å². The number of para-hydroxylation sites is 1. The van der Waals surface area contributed by atoms with Gasteiger partial charge in [0.1, 0.15) is 5.75 Å². The van der Waals surface area contributed by atoms with Gasteiger partial charge in [-0.15, -0.1) is 0 Å². The molecule has 0 unspecified atom stereocenters. The maximum atomic E-state index is 12.4. The van der Waals surface area contributed by atoms with Gasteiger partial charge in [-0.2, -0.15) is 5.10 Å². The zero-order chi connectivity index (χ0) is 20.2. The Bertz CT molecular complexity index is 1050. The highest BCUT2D eigenvalue weighted by atomic mass is 16.5. The fraction of sp³-hybridized carbons (Fsp3) is 0.333. The smallest absolute Gasteiger partial charge is 0.241 e. The van der Waals surface area contributed by atoms with E-state index in [0.29, 0.717) is 13.0 Å². The number of aromatic nitrogens is 1. The lowest BCUT2D eigenvalue weighted by Gasteiger charge is -2.15. The lowest BCUT2D eigenvalue weighted by atomic mass is 9.95. The van der Waals surface area contributed by atoms with Crippen molar-refractivity contribution in [3.05, 3.63) is 65.4 Å². The van der Waals surface area contributed by atoms with Crippen molar-refractivity contribution in [3.63, 3.8) is 0 Å². The second-order valence-corrected chi connectivity index (χ2v) is 7.51. The van der Waals surface area contributed by atoms with Crippen molar-refractivity contribution in [2.24, 2.45) is 5.10 Å². The van der Waals surface area contributed by atoms with Gasteiger partial charge in [-0.1, -0.05) is 18.2 Å². The van der Waals surface area contributed by atoms with Gasteiger partial charge in [0.05, 0.1) is 12.8 Å². The SMILES string of the molecule is COc1ccc(/C(C)=N/NC(=O)CCn2c3c(c4ccccc42)CCCC3)cc1. The highest BCUT2D eigenvalue weighted by Crippen LogP contribution is 2.32. The van der Waals surface area contributed by atoms with E-state index >= 15 is 0 Å². The molecule has 5 heteroatoms. The zero-order valence-corrected chi connectivity index (χ0v) is 17.1. The van der Waals surface area contributed by atoms with Crippen LogP contribution in [0.5, 0.6) is 5.75 Å². The number of hydrazone groups is 1. The maximum absolute atomic E-state index is 12.4. The van der Waals surface area contributed by atoms with E-state index < -0.39 is 0 Å². The molecule has 1 aliphatic rings. The van der Waals surface area contributed by atoms with Gasteiger partial charge in [-0.3, -0.25) is 4.79 Å². The molecule has 150 valence electrons. The van der Waals surface area contributed by atoms with Gasteiger partial charge in [-0.25, -0.2) is 5.43 Å². The summed E-state index contributed by atoms with van der Waals surface area (Å²) >= 11 is 0. The molecule has 1 aliphatic carbocycles. The number of nitrogens with zero attached hydrogens (tertiary/aromatic N) is 2. The summed E-state index contributed by atoms with van der Waals surface area (Å²) in [5.41, 5.74) is 8.55. The van der Waals surface area contributed by atoms with Crippen LogP contribution in [0.15, 0.2) is 53.6 Å². The summed E-state index contributed by atoms with van der Waals surface area (Å²) in [5.74, 6) is 0.730. The summed E-state index contributed by atoms with van der Waals surface area (Å²) in [5, 5.41) is 5.61. The Hall–Kier alpha value is -3.08. The minimum atomic E-state index is -0.0693. The van der Waals surface area contributed by atoms with E-state index in [1.165, 1.54) is 35.0 Å². The molecule has 29 heavy (non-hydrogen) atoms. The first kappa shape index (κ1) is 19.2. The molecular formula is C24H27N3O2. The van der Waals surface area contributed by atoms with Crippen molar-refractivity contribution in [2.45, 2.75) is 45.6 Å². The second-order valence-electron chi connectivity index (χ2n) is 7.51. The van der Waals surface area contributed by atoms with Crippen molar-refractivity contribution in [1.29, 1.82) is 0 Å².